The summed E-state index contributed by atoms with van der Waals surface area (Å²) in [7, 11) is 4.64. The zero-order valence-corrected chi connectivity index (χ0v) is 23.8. The highest BCUT2D eigenvalue weighted by Crippen LogP contribution is 2.51. The molecule has 2 aromatic carbocycles. The van der Waals surface area contributed by atoms with E-state index in [1.807, 2.05) is 37.3 Å². The second-order valence-corrected chi connectivity index (χ2v) is 9.98. The molecular formula is C30H36N2O8. The van der Waals surface area contributed by atoms with Gasteiger partial charge in [0, 0.05) is 29.3 Å². The molecule has 0 bridgehead atoms. The number of esters is 1. The molecule has 0 saturated carbocycles. The molecule has 2 atom stereocenters. The minimum absolute atomic E-state index is 0.130. The molecule has 0 unspecified atom stereocenters. The van der Waals surface area contributed by atoms with Crippen LogP contribution in [0, 0.1) is 6.92 Å². The average Bonchev–Trinajstić information content (AvgIpc) is 2.93. The van der Waals surface area contributed by atoms with Crippen molar-refractivity contribution in [3.8, 4) is 17.2 Å². The van der Waals surface area contributed by atoms with Gasteiger partial charge in [-0.3, -0.25) is 9.69 Å². The van der Waals surface area contributed by atoms with Crippen molar-refractivity contribution in [3.63, 3.8) is 0 Å². The van der Waals surface area contributed by atoms with Gasteiger partial charge in [0.15, 0.2) is 11.5 Å². The number of amides is 2. The van der Waals surface area contributed by atoms with Crippen molar-refractivity contribution < 1.29 is 38.1 Å². The number of benzene rings is 2. The number of ether oxygens (including phenoxy) is 5. The van der Waals surface area contributed by atoms with Crippen LogP contribution in [0.25, 0.3) is 6.08 Å². The Hall–Kier alpha value is -4.21. The van der Waals surface area contributed by atoms with E-state index in [0.29, 0.717) is 29.2 Å². The van der Waals surface area contributed by atoms with Gasteiger partial charge in [-0.2, -0.15) is 0 Å². The first kappa shape index (κ1) is 28.8. The first-order valence-corrected chi connectivity index (χ1v) is 13.2. The van der Waals surface area contributed by atoms with E-state index in [9.17, 15) is 14.4 Å². The van der Waals surface area contributed by atoms with Gasteiger partial charge in [0.2, 0.25) is 5.91 Å². The van der Waals surface area contributed by atoms with Gasteiger partial charge in [-0.15, -0.1) is 0 Å². The summed E-state index contributed by atoms with van der Waals surface area (Å²) < 4.78 is 28.4. The predicted molar refractivity (Wildman–Crippen MR) is 148 cm³/mol. The van der Waals surface area contributed by atoms with Crippen LogP contribution in [0.1, 0.15) is 42.1 Å². The number of methoxy groups -OCH3 is 3. The van der Waals surface area contributed by atoms with Crippen molar-refractivity contribution in [1.82, 2.24) is 9.80 Å². The first-order chi connectivity index (χ1) is 19.2. The van der Waals surface area contributed by atoms with E-state index in [1.54, 1.807) is 31.9 Å². The van der Waals surface area contributed by atoms with Gasteiger partial charge in [0.1, 0.15) is 18.9 Å². The molecule has 4 rings (SSSR count). The van der Waals surface area contributed by atoms with E-state index in [1.165, 1.54) is 25.2 Å². The Morgan fingerprint density at radius 2 is 1.70 bits per heavy atom. The molecule has 2 aliphatic heterocycles. The van der Waals surface area contributed by atoms with Gasteiger partial charge in [0.05, 0.1) is 39.5 Å². The number of nitrogens with zero attached hydrogens (tertiary/aromatic N) is 2. The monoisotopic (exact) mass is 552 g/mol. The number of piperazine rings is 1. The lowest BCUT2D eigenvalue weighted by molar-refractivity contribution is -0.151. The van der Waals surface area contributed by atoms with Gasteiger partial charge in [-0.05, 0) is 38.8 Å². The number of carbonyl (C=O) groups is 3. The quantitative estimate of drug-likeness (QED) is 0.359. The fourth-order valence-electron chi connectivity index (χ4n) is 5.50. The molecule has 0 spiro atoms. The molecule has 214 valence electrons. The summed E-state index contributed by atoms with van der Waals surface area (Å²) in [5.74, 6) is 0.683. The topological polar surface area (TPSA) is 104 Å². The highest BCUT2D eigenvalue weighted by molar-refractivity contribution is 5.87. The van der Waals surface area contributed by atoms with Crippen LogP contribution in [-0.2, 0) is 25.5 Å². The zero-order chi connectivity index (χ0) is 29.0. The van der Waals surface area contributed by atoms with Crippen LogP contribution in [-0.4, -0.2) is 80.9 Å². The Bertz CT molecular complexity index is 1290. The molecule has 0 aromatic heterocycles. The van der Waals surface area contributed by atoms with Gasteiger partial charge in [-0.1, -0.05) is 30.3 Å². The van der Waals surface area contributed by atoms with E-state index < -0.39 is 24.1 Å². The Labute approximate surface area is 234 Å². The normalized spacial score (nSPS) is 18.3. The molecule has 10 nitrogen and oxygen atoms in total. The van der Waals surface area contributed by atoms with E-state index in [-0.39, 0.29) is 31.7 Å². The van der Waals surface area contributed by atoms with E-state index in [4.69, 9.17) is 23.7 Å². The van der Waals surface area contributed by atoms with Gasteiger partial charge < -0.3 is 28.6 Å². The summed E-state index contributed by atoms with van der Waals surface area (Å²) in [6.45, 7) is 5.36. The fourth-order valence-corrected chi connectivity index (χ4v) is 5.50. The average molecular weight is 553 g/mol. The molecule has 2 aliphatic rings. The van der Waals surface area contributed by atoms with E-state index >= 15 is 0 Å². The van der Waals surface area contributed by atoms with Crippen LogP contribution in [0.4, 0.5) is 4.79 Å². The van der Waals surface area contributed by atoms with Crippen molar-refractivity contribution in [3.05, 3.63) is 58.7 Å². The van der Waals surface area contributed by atoms with Crippen molar-refractivity contribution in [2.24, 2.45) is 0 Å². The third-order valence-corrected chi connectivity index (χ3v) is 7.08. The minimum Gasteiger partial charge on any atom is -0.496 e. The van der Waals surface area contributed by atoms with Gasteiger partial charge in [-0.25, -0.2) is 9.59 Å². The number of hydrogen-bond acceptors (Lipinski definition) is 8. The lowest BCUT2D eigenvalue weighted by Gasteiger charge is -2.48. The van der Waals surface area contributed by atoms with Gasteiger partial charge in [0.25, 0.3) is 0 Å². The summed E-state index contributed by atoms with van der Waals surface area (Å²) in [5.41, 5.74) is 3.07. The number of carbonyl (C=O) groups excluding carboxylic acids is 3. The molecule has 0 N–H and O–H groups in total. The Morgan fingerprint density at radius 3 is 2.33 bits per heavy atom. The molecule has 10 heteroatoms. The maximum Gasteiger partial charge on any atom is 0.410 e. The SMILES string of the molecule is COc1c(C)c(OC)c(OC)c2c1C[C@H]1CN(C(=O)OC(C)C)CC(=O)N1[C@H]2COC(=O)/C=C/c1ccccc1. The van der Waals surface area contributed by atoms with E-state index in [2.05, 4.69) is 0 Å². The highest BCUT2D eigenvalue weighted by atomic mass is 16.6. The van der Waals surface area contributed by atoms with Crippen LogP contribution >= 0.6 is 0 Å². The smallest absolute Gasteiger partial charge is 0.410 e. The Kier molecular flexibility index (Phi) is 8.86. The second-order valence-electron chi connectivity index (χ2n) is 9.98. The standard InChI is InChI=1S/C30H36N2O8/c1-18(2)40-30(35)31-15-21-14-22-26(29(38-6)28(37-5)19(3)27(22)36-4)23(32(21)24(33)16-31)17-39-25(34)13-12-20-10-8-7-9-11-20/h7-13,18,21,23H,14-17H2,1-6H3/b13-12+/t21-,23-/m0/s1. The Morgan fingerprint density at radius 1 is 1.02 bits per heavy atom. The van der Waals surface area contributed by atoms with Crippen LogP contribution in [0.3, 0.4) is 0 Å². The van der Waals surface area contributed by atoms with Crippen molar-refractivity contribution in [2.45, 2.75) is 45.4 Å². The number of hydrogen-bond donors (Lipinski definition) is 0. The Balaban J connectivity index is 1.73. The maximum atomic E-state index is 13.6. The van der Waals surface area contributed by atoms with Crippen molar-refractivity contribution in [1.29, 1.82) is 0 Å². The molecule has 1 fully saturated rings. The molecular weight excluding hydrogens is 516 g/mol. The summed E-state index contributed by atoms with van der Waals surface area (Å²) in [5, 5.41) is 0. The lowest BCUT2D eigenvalue weighted by Crippen LogP contribution is -2.61. The summed E-state index contributed by atoms with van der Waals surface area (Å²) >= 11 is 0. The lowest BCUT2D eigenvalue weighted by atomic mass is 9.83. The predicted octanol–water partition coefficient (Wildman–Crippen LogP) is 3.93. The zero-order valence-electron chi connectivity index (χ0n) is 23.8. The summed E-state index contributed by atoms with van der Waals surface area (Å²) in [6, 6.07) is 8.30. The highest BCUT2D eigenvalue weighted by Gasteiger charge is 2.47. The third-order valence-electron chi connectivity index (χ3n) is 7.08. The van der Waals surface area contributed by atoms with Gasteiger partial charge >= 0.3 is 12.1 Å². The van der Waals surface area contributed by atoms with Crippen LogP contribution in [0.15, 0.2) is 36.4 Å². The molecule has 0 aliphatic carbocycles. The minimum atomic E-state index is -0.697. The maximum absolute atomic E-state index is 13.6. The summed E-state index contributed by atoms with van der Waals surface area (Å²) in [4.78, 5) is 42.2. The van der Waals surface area contributed by atoms with Crippen LogP contribution in [0.5, 0.6) is 17.2 Å². The van der Waals surface area contributed by atoms with Crippen molar-refractivity contribution in [2.75, 3.05) is 41.0 Å². The molecule has 2 heterocycles. The molecule has 2 aromatic rings. The van der Waals surface area contributed by atoms with Crippen LogP contribution < -0.4 is 14.2 Å². The summed E-state index contributed by atoms with van der Waals surface area (Å²) in [6.07, 6.45) is 2.56. The second kappa shape index (κ2) is 12.3. The molecule has 0 radical (unpaired) electrons. The number of fused-ring (bicyclic) bond motifs is 2. The third kappa shape index (κ3) is 5.71. The molecule has 2 amide bonds. The fraction of sp³-hybridized carbons (Fsp3) is 0.433. The number of rotatable bonds is 8. The molecule has 40 heavy (non-hydrogen) atoms. The first-order valence-electron chi connectivity index (χ1n) is 13.2. The molecule has 1 saturated heterocycles. The largest absolute Gasteiger partial charge is 0.496 e. The van der Waals surface area contributed by atoms with Crippen molar-refractivity contribution >= 4 is 24.0 Å². The van der Waals surface area contributed by atoms with Crippen LogP contribution in [0.2, 0.25) is 0 Å². The van der Waals surface area contributed by atoms with E-state index in [0.717, 1.165) is 16.7 Å².